The van der Waals surface area contributed by atoms with E-state index < -0.39 is 0 Å². The third kappa shape index (κ3) is 3.75. The Morgan fingerprint density at radius 2 is 1.86 bits per heavy atom. The minimum Gasteiger partial charge on any atom is -0.339 e. The van der Waals surface area contributed by atoms with Crippen molar-refractivity contribution < 1.29 is 0 Å². The maximum atomic E-state index is 6.16. The van der Waals surface area contributed by atoms with Crippen LogP contribution in [0.3, 0.4) is 0 Å². The van der Waals surface area contributed by atoms with Crippen LogP contribution in [0.4, 0.5) is 11.5 Å². The van der Waals surface area contributed by atoms with Gasteiger partial charge in [-0.05, 0) is 67.5 Å². The molecule has 146 valence electrons. The van der Waals surface area contributed by atoms with Crippen molar-refractivity contribution in [1.29, 1.82) is 0 Å². The van der Waals surface area contributed by atoms with E-state index in [1.54, 1.807) is 0 Å². The highest BCUT2D eigenvalue weighted by molar-refractivity contribution is 7.19. The van der Waals surface area contributed by atoms with Gasteiger partial charge in [0.15, 0.2) is 0 Å². The normalized spacial score (nSPS) is 13.4. The number of rotatable bonds is 4. The molecule has 3 nitrogen and oxygen atoms in total. The van der Waals surface area contributed by atoms with Crippen LogP contribution in [0.5, 0.6) is 0 Å². The predicted molar refractivity (Wildman–Crippen MR) is 123 cm³/mol. The van der Waals surface area contributed by atoms with Gasteiger partial charge in [-0.2, -0.15) is 0 Å². The SMILES string of the molecule is Cc1cc(Cl)ccc1Nc1nc(Cc2ccccc2)nc2sc3c(c12)CCCC3. The number of nitrogens with one attached hydrogen (secondary N) is 1. The summed E-state index contributed by atoms with van der Waals surface area (Å²) in [6, 6.07) is 16.4. The molecular formula is C24H22ClN3S. The summed E-state index contributed by atoms with van der Waals surface area (Å²) >= 11 is 8.00. The highest BCUT2D eigenvalue weighted by Gasteiger charge is 2.21. The third-order valence-corrected chi connectivity index (χ3v) is 6.93. The van der Waals surface area contributed by atoms with Crippen LogP contribution in [-0.2, 0) is 19.3 Å². The molecule has 0 radical (unpaired) electrons. The van der Waals surface area contributed by atoms with Gasteiger partial charge >= 0.3 is 0 Å². The topological polar surface area (TPSA) is 37.8 Å². The van der Waals surface area contributed by atoms with Gasteiger partial charge in [0.05, 0.1) is 5.39 Å². The Labute approximate surface area is 179 Å². The van der Waals surface area contributed by atoms with Crippen molar-refractivity contribution in [1.82, 2.24) is 9.97 Å². The summed E-state index contributed by atoms with van der Waals surface area (Å²) < 4.78 is 0. The van der Waals surface area contributed by atoms with Crippen molar-refractivity contribution in [2.45, 2.75) is 39.0 Å². The van der Waals surface area contributed by atoms with Crippen molar-refractivity contribution >= 4 is 44.7 Å². The Morgan fingerprint density at radius 1 is 1.03 bits per heavy atom. The molecular weight excluding hydrogens is 398 g/mol. The van der Waals surface area contributed by atoms with E-state index in [1.807, 2.05) is 35.6 Å². The highest BCUT2D eigenvalue weighted by Crippen LogP contribution is 2.40. The highest BCUT2D eigenvalue weighted by atomic mass is 35.5. The first-order valence-corrected chi connectivity index (χ1v) is 11.2. The average Bonchev–Trinajstić information content (AvgIpc) is 3.09. The monoisotopic (exact) mass is 419 g/mol. The molecule has 1 aliphatic carbocycles. The van der Waals surface area contributed by atoms with Crippen molar-refractivity contribution in [2.75, 3.05) is 5.32 Å². The summed E-state index contributed by atoms with van der Waals surface area (Å²) in [6.45, 7) is 2.07. The lowest BCUT2D eigenvalue weighted by molar-refractivity contribution is 0.700. The second-order valence-electron chi connectivity index (χ2n) is 7.63. The number of nitrogens with zero attached hydrogens (tertiary/aromatic N) is 2. The van der Waals surface area contributed by atoms with Gasteiger partial charge < -0.3 is 5.32 Å². The van der Waals surface area contributed by atoms with E-state index in [0.717, 1.165) is 52.0 Å². The van der Waals surface area contributed by atoms with Gasteiger partial charge in [-0.25, -0.2) is 9.97 Å². The van der Waals surface area contributed by atoms with Crippen molar-refractivity contribution in [2.24, 2.45) is 0 Å². The molecule has 1 aliphatic rings. The molecule has 2 aromatic heterocycles. The van der Waals surface area contributed by atoms with Crippen molar-refractivity contribution in [3.63, 3.8) is 0 Å². The fraction of sp³-hybridized carbons (Fsp3) is 0.250. The van der Waals surface area contributed by atoms with Gasteiger partial charge in [0.1, 0.15) is 16.5 Å². The molecule has 0 fully saturated rings. The quantitative estimate of drug-likeness (QED) is 0.392. The van der Waals surface area contributed by atoms with Crippen LogP contribution in [0.1, 0.15) is 40.2 Å². The summed E-state index contributed by atoms with van der Waals surface area (Å²) in [4.78, 5) is 12.5. The lowest BCUT2D eigenvalue weighted by Gasteiger charge is -2.14. The molecule has 0 atom stereocenters. The average molecular weight is 420 g/mol. The van der Waals surface area contributed by atoms with E-state index in [2.05, 4.69) is 36.5 Å². The second kappa shape index (κ2) is 7.77. The van der Waals surface area contributed by atoms with Crippen molar-refractivity contribution in [3.8, 4) is 0 Å². The summed E-state index contributed by atoms with van der Waals surface area (Å²) in [5.74, 6) is 1.78. The summed E-state index contributed by atoms with van der Waals surface area (Å²) in [5, 5.41) is 5.55. The van der Waals surface area contributed by atoms with Crippen LogP contribution in [0.25, 0.3) is 10.2 Å². The number of thiophene rings is 1. The minimum atomic E-state index is 0.730. The number of aryl methyl sites for hydroxylation is 3. The molecule has 0 saturated carbocycles. The van der Waals surface area contributed by atoms with E-state index in [1.165, 1.54) is 34.2 Å². The fourth-order valence-electron chi connectivity index (χ4n) is 4.04. The first-order chi connectivity index (χ1) is 14.2. The van der Waals surface area contributed by atoms with Gasteiger partial charge in [-0.15, -0.1) is 11.3 Å². The van der Waals surface area contributed by atoms with E-state index in [0.29, 0.717) is 0 Å². The van der Waals surface area contributed by atoms with Crippen LogP contribution < -0.4 is 5.32 Å². The molecule has 2 aromatic carbocycles. The number of fused-ring (bicyclic) bond motifs is 3. The Morgan fingerprint density at radius 3 is 2.69 bits per heavy atom. The van der Waals surface area contributed by atoms with Gasteiger partial charge in [-0.1, -0.05) is 41.9 Å². The van der Waals surface area contributed by atoms with Gasteiger partial charge in [-0.3, -0.25) is 0 Å². The Bertz CT molecular complexity index is 1180. The first-order valence-electron chi connectivity index (χ1n) is 10.1. The molecule has 29 heavy (non-hydrogen) atoms. The zero-order chi connectivity index (χ0) is 19.8. The number of halogens is 1. The lowest BCUT2D eigenvalue weighted by Crippen LogP contribution is -2.04. The van der Waals surface area contributed by atoms with Gasteiger partial charge in [0.2, 0.25) is 0 Å². The summed E-state index contributed by atoms with van der Waals surface area (Å²) in [7, 11) is 0. The lowest BCUT2D eigenvalue weighted by atomic mass is 9.97. The number of aromatic nitrogens is 2. The Hall–Kier alpha value is -2.43. The van der Waals surface area contributed by atoms with Gasteiger partial charge in [0.25, 0.3) is 0 Å². The van der Waals surface area contributed by atoms with E-state index >= 15 is 0 Å². The number of anilines is 2. The van der Waals surface area contributed by atoms with E-state index in [4.69, 9.17) is 21.6 Å². The van der Waals surface area contributed by atoms with Crippen LogP contribution in [0, 0.1) is 6.92 Å². The largest absolute Gasteiger partial charge is 0.339 e. The maximum absolute atomic E-state index is 6.16. The zero-order valence-electron chi connectivity index (χ0n) is 16.3. The molecule has 0 aliphatic heterocycles. The molecule has 2 heterocycles. The molecule has 1 N–H and O–H groups in total. The molecule has 5 heteroatoms. The van der Waals surface area contributed by atoms with Crippen LogP contribution in [0.2, 0.25) is 5.02 Å². The number of hydrogen-bond donors (Lipinski definition) is 1. The second-order valence-corrected chi connectivity index (χ2v) is 9.15. The number of hydrogen-bond acceptors (Lipinski definition) is 4. The predicted octanol–water partition coefficient (Wildman–Crippen LogP) is 6.87. The van der Waals surface area contributed by atoms with Gasteiger partial charge in [0, 0.05) is 22.0 Å². The smallest absolute Gasteiger partial charge is 0.143 e. The Balaban J connectivity index is 1.63. The van der Waals surface area contributed by atoms with E-state index in [9.17, 15) is 0 Å². The van der Waals surface area contributed by atoms with Crippen LogP contribution in [-0.4, -0.2) is 9.97 Å². The molecule has 0 saturated heterocycles. The number of benzene rings is 2. The summed E-state index contributed by atoms with van der Waals surface area (Å²) in [6.07, 6.45) is 5.51. The third-order valence-electron chi connectivity index (χ3n) is 5.51. The minimum absolute atomic E-state index is 0.730. The maximum Gasteiger partial charge on any atom is 0.143 e. The zero-order valence-corrected chi connectivity index (χ0v) is 17.9. The molecule has 0 unspecified atom stereocenters. The molecule has 4 aromatic rings. The summed E-state index contributed by atoms with van der Waals surface area (Å²) in [5.41, 5.74) is 4.81. The van der Waals surface area contributed by atoms with Crippen LogP contribution >= 0.6 is 22.9 Å². The molecule has 0 spiro atoms. The van der Waals surface area contributed by atoms with E-state index in [-0.39, 0.29) is 0 Å². The molecule has 0 amide bonds. The Kier molecular flexibility index (Phi) is 4.98. The van der Waals surface area contributed by atoms with Crippen LogP contribution in [0.15, 0.2) is 48.5 Å². The molecule has 0 bridgehead atoms. The fourth-order valence-corrected chi connectivity index (χ4v) is 5.55. The van der Waals surface area contributed by atoms with Crippen molar-refractivity contribution in [3.05, 3.63) is 80.9 Å². The molecule has 5 rings (SSSR count). The first kappa shape index (κ1) is 18.6. The standard InChI is InChI=1S/C24H22ClN3S/c1-15-13-17(25)11-12-19(15)26-23-22-18-9-5-6-10-20(18)29-24(22)28-21(27-23)14-16-7-3-2-4-8-16/h2-4,7-8,11-13H,5-6,9-10,14H2,1H3,(H,26,27,28).